The van der Waals surface area contributed by atoms with Crippen LogP contribution in [-0.2, 0) is 16.0 Å². The summed E-state index contributed by atoms with van der Waals surface area (Å²) in [6.07, 6.45) is -0.728. The molecule has 3 rings (SSSR count). The number of rotatable bonds is 7. The summed E-state index contributed by atoms with van der Waals surface area (Å²) >= 11 is 0. The van der Waals surface area contributed by atoms with Gasteiger partial charge in [-0.3, -0.25) is 9.69 Å². The fourth-order valence-corrected chi connectivity index (χ4v) is 2.81. The van der Waals surface area contributed by atoms with Crippen molar-refractivity contribution in [2.75, 3.05) is 24.6 Å². The van der Waals surface area contributed by atoms with Crippen molar-refractivity contribution in [1.82, 2.24) is 5.32 Å². The van der Waals surface area contributed by atoms with Crippen molar-refractivity contribution in [3.8, 4) is 5.75 Å². The van der Waals surface area contributed by atoms with Gasteiger partial charge in [0.1, 0.15) is 17.7 Å². The second kappa shape index (κ2) is 8.53. The Balaban J connectivity index is 1.47. The molecule has 1 atom stereocenters. The predicted molar refractivity (Wildman–Crippen MR) is 98.3 cm³/mol. The van der Waals surface area contributed by atoms with Crippen molar-refractivity contribution < 1.29 is 23.5 Å². The Morgan fingerprint density at radius 2 is 1.93 bits per heavy atom. The molecule has 1 aliphatic heterocycles. The molecule has 7 heteroatoms. The van der Waals surface area contributed by atoms with Crippen LogP contribution in [0.25, 0.3) is 0 Å². The average molecular weight is 372 g/mol. The van der Waals surface area contributed by atoms with E-state index < -0.39 is 12.2 Å². The molecular formula is C20H21FN2O4. The molecular weight excluding hydrogens is 351 g/mol. The Morgan fingerprint density at radius 3 is 2.59 bits per heavy atom. The molecule has 2 aromatic carbocycles. The number of benzene rings is 2. The molecule has 1 fully saturated rings. The third-order valence-electron chi connectivity index (χ3n) is 4.14. The van der Waals surface area contributed by atoms with Crippen molar-refractivity contribution in [2.45, 2.75) is 19.4 Å². The maximum Gasteiger partial charge on any atom is 0.414 e. The highest BCUT2D eigenvalue weighted by atomic mass is 19.1. The first-order chi connectivity index (χ1) is 13.0. The number of hydrogen-bond acceptors (Lipinski definition) is 4. The van der Waals surface area contributed by atoms with E-state index >= 15 is 0 Å². The average Bonchev–Trinajstić information content (AvgIpc) is 3.03. The molecule has 27 heavy (non-hydrogen) atoms. The zero-order chi connectivity index (χ0) is 19.2. The second-order valence-corrected chi connectivity index (χ2v) is 6.15. The molecule has 0 bridgehead atoms. The lowest BCUT2D eigenvalue weighted by atomic mass is 10.1. The van der Waals surface area contributed by atoms with Crippen molar-refractivity contribution in [3.05, 3.63) is 59.9 Å². The third kappa shape index (κ3) is 4.97. The number of amides is 2. The van der Waals surface area contributed by atoms with Gasteiger partial charge in [0.15, 0.2) is 0 Å². The van der Waals surface area contributed by atoms with Gasteiger partial charge in [0.25, 0.3) is 0 Å². The summed E-state index contributed by atoms with van der Waals surface area (Å²) in [4.78, 5) is 25.5. The molecule has 1 N–H and O–H groups in total. The molecule has 6 nitrogen and oxygen atoms in total. The molecule has 142 valence electrons. The maximum absolute atomic E-state index is 13.0. The molecule has 1 saturated heterocycles. The fraction of sp³-hybridized carbons (Fsp3) is 0.300. The summed E-state index contributed by atoms with van der Waals surface area (Å²) in [5.74, 6) is 0.236. The summed E-state index contributed by atoms with van der Waals surface area (Å²) in [6.45, 7) is 3.02. The lowest BCUT2D eigenvalue weighted by Gasteiger charge is -2.13. The molecule has 0 spiro atoms. The van der Waals surface area contributed by atoms with E-state index in [4.69, 9.17) is 9.47 Å². The molecule has 2 aromatic rings. The lowest BCUT2D eigenvalue weighted by Crippen LogP contribution is -2.35. The summed E-state index contributed by atoms with van der Waals surface area (Å²) in [6, 6.07) is 12.9. The lowest BCUT2D eigenvalue weighted by molar-refractivity contribution is -0.120. The van der Waals surface area contributed by atoms with Crippen LogP contribution in [0.4, 0.5) is 14.9 Å². The first-order valence-electron chi connectivity index (χ1n) is 8.77. The summed E-state index contributed by atoms with van der Waals surface area (Å²) in [5.41, 5.74) is 1.43. The number of ether oxygens (including phenoxy) is 2. The highest BCUT2D eigenvalue weighted by Gasteiger charge is 2.32. The minimum Gasteiger partial charge on any atom is -0.494 e. The Bertz CT molecular complexity index is 793. The number of nitrogens with zero attached hydrogens (tertiary/aromatic N) is 1. The van der Waals surface area contributed by atoms with Gasteiger partial charge < -0.3 is 14.8 Å². The summed E-state index contributed by atoms with van der Waals surface area (Å²) in [5, 5.41) is 2.78. The van der Waals surface area contributed by atoms with Gasteiger partial charge in [0, 0.05) is 5.69 Å². The number of carbonyl (C=O) groups is 2. The van der Waals surface area contributed by atoms with Gasteiger partial charge in [0.2, 0.25) is 5.91 Å². The van der Waals surface area contributed by atoms with E-state index in [9.17, 15) is 14.0 Å². The number of anilines is 1. The summed E-state index contributed by atoms with van der Waals surface area (Å²) in [7, 11) is 0. The Hall–Kier alpha value is -3.09. The molecule has 0 aliphatic carbocycles. The largest absolute Gasteiger partial charge is 0.494 e. The molecule has 2 amide bonds. The second-order valence-electron chi connectivity index (χ2n) is 6.15. The quantitative estimate of drug-likeness (QED) is 0.812. The third-order valence-corrected chi connectivity index (χ3v) is 4.14. The van der Waals surface area contributed by atoms with Gasteiger partial charge in [-0.05, 0) is 48.9 Å². The molecule has 1 aliphatic rings. The highest BCUT2D eigenvalue weighted by Crippen LogP contribution is 2.21. The first-order valence-corrected chi connectivity index (χ1v) is 8.77. The number of halogens is 1. The monoisotopic (exact) mass is 372 g/mol. The van der Waals surface area contributed by atoms with E-state index in [0.29, 0.717) is 18.8 Å². The van der Waals surface area contributed by atoms with E-state index in [1.807, 2.05) is 31.2 Å². The Morgan fingerprint density at radius 1 is 1.22 bits per heavy atom. The van der Waals surface area contributed by atoms with E-state index in [1.165, 1.54) is 29.2 Å². The predicted octanol–water partition coefficient (Wildman–Crippen LogP) is 2.91. The van der Waals surface area contributed by atoms with Crippen LogP contribution in [0.15, 0.2) is 48.5 Å². The van der Waals surface area contributed by atoms with Crippen LogP contribution in [0.1, 0.15) is 12.5 Å². The van der Waals surface area contributed by atoms with Crippen LogP contribution >= 0.6 is 0 Å². The molecule has 1 heterocycles. The van der Waals surface area contributed by atoms with Gasteiger partial charge in [-0.1, -0.05) is 12.1 Å². The van der Waals surface area contributed by atoms with E-state index in [1.54, 1.807) is 0 Å². The molecule has 0 unspecified atom stereocenters. The van der Waals surface area contributed by atoms with Crippen molar-refractivity contribution in [1.29, 1.82) is 0 Å². The van der Waals surface area contributed by atoms with E-state index in [0.717, 1.165) is 11.3 Å². The number of cyclic esters (lactones) is 1. The van der Waals surface area contributed by atoms with Crippen LogP contribution in [-0.4, -0.2) is 37.8 Å². The van der Waals surface area contributed by atoms with Crippen LogP contribution in [0.3, 0.4) is 0 Å². The van der Waals surface area contributed by atoms with Crippen molar-refractivity contribution >= 4 is 17.7 Å². The number of nitrogens with one attached hydrogen (secondary N) is 1. The molecule has 0 radical (unpaired) electrons. The number of carbonyl (C=O) groups excluding carboxylic acids is 2. The topological polar surface area (TPSA) is 67.9 Å². The standard InChI is InChI=1S/C20H21FN2O4/c1-2-26-17-9-3-14(4-10-17)11-19(24)22-12-18-13-23(20(25)27-18)16-7-5-15(21)6-8-16/h3-10,18H,2,11-13H2,1H3,(H,22,24)/t18-/m0/s1. The first kappa shape index (κ1) is 18.7. The Kier molecular flexibility index (Phi) is 5.90. The molecule has 0 saturated carbocycles. The maximum atomic E-state index is 13.0. The zero-order valence-corrected chi connectivity index (χ0v) is 15.0. The van der Waals surface area contributed by atoms with Crippen molar-refractivity contribution in [2.24, 2.45) is 0 Å². The minimum absolute atomic E-state index is 0.157. The van der Waals surface area contributed by atoms with E-state index in [-0.39, 0.29) is 24.7 Å². The van der Waals surface area contributed by atoms with Crippen LogP contribution in [0, 0.1) is 5.82 Å². The van der Waals surface area contributed by atoms with Crippen LogP contribution in [0.5, 0.6) is 5.75 Å². The zero-order valence-electron chi connectivity index (χ0n) is 15.0. The molecule has 0 aromatic heterocycles. The normalized spacial score (nSPS) is 16.1. The summed E-state index contributed by atoms with van der Waals surface area (Å²) < 4.78 is 23.6. The highest BCUT2D eigenvalue weighted by molar-refractivity contribution is 5.89. The minimum atomic E-state index is -0.507. The van der Waals surface area contributed by atoms with E-state index in [2.05, 4.69) is 5.32 Å². The van der Waals surface area contributed by atoms with Gasteiger partial charge in [-0.2, -0.15) is 0 Å². The van der Waals surface area contributed by atoms with Gasteiger partial charge in [-0.15, -0.1) is 0 Å². The SMILES string of the molecule is CCOc1ccc(CC(=O)NC[C@H]2CN(c3ccc(F)cc3)C(=O)O2)cc1. The smallest absolute Gasteiger partial charge is 0.414 e. The van der Waals surface area contributed by atoms with Crippen molar-refractivity contribution in [3.63, 3.8) is 0 Å². The van der Waals surface area contributed by atoms with Gasteiger partial charge >= 0.3 is 6.09 Å². The van der Waals surface area contributed by atoms with Crippen LogP contribution < -0.4 is 15.0 Å². The Labute approximate surface area is 156 Å². The fourth-order valence-electron chi connectivity index (χ4n) is 2.81. The number of hydrogen-bond donors (Lipinski definition) is 1. The van der Waals surface area contributed by atoms with Gasteiger partial charge in [-0.25, -0.2) is 9.18 Å². The van der Waals surface area contributed by atoms with Gasteiger partial charge in [0.05, 0.1) is 26.1 Å². The van der Waals surface area contributed by atoms with Crippen LogP contribution in [0.2, 0.25) is 0 Å².